The predicted molar refractivity (Wildman–Crippen MR) is 70.3 cm³/mol. The smallest absolute Gasteiger partial charge is 0.312 e. The SMILES string of the molecule is O=c1[nH]cc(Cc2ccc(Cl)cc2Cl)n1CC(F)F. The van der Waals surface area contributed by atoms with Gasteiger partial charge in [-0.15, -0.1) is 0 Å². The highest BCUT2D eigenvalue weighted by Crippen LogP contribution is 2.23. The van der Waals surface area contributed by atoms with Crippen LogP contribution in [-0.2, 0) is 13.0 Å². The molecule has 1 aromatic heterocycles. The maximum atomic E-state index is 12.4. The number of benzene rings is 1. The van der Waals surface area contributed by atoms with E-state index in [1.807, 2.05) is 0 Å². The number of hydrogen-bond donors (Lipinski definition) is 1. The van der Waals surface area contributed by atoms with E-state index in [0.29, 0.717) is 21.3 Å². The van der Waals surface area contributed by atoms with Gasteiger partial charge >= 0.3 is 5.69 Å². The molecule has 3 nitrogen and oxygen atoms in total. The number of nitrogens with zero attached hydrogens (tertiary/aromatic N) is 1. The number of imidazole rings is 1. The summed E-state index contributed by atoms with van der Waals surface area (Å²) in [5.74, 6) is 0. The Labute approximate surface area is 117 Å². The van der Waals surface area contributed by atoms with Gasteiger partial charge in [0, 0.05) is 28.4 Å². The first-order valence-corrected chi connectivity index (χ1v) is 6.22. The van der Waals surface area contributed by atoms with Crippen LogP contribution >= 0.6 is 23.2 Å². The zero-order valence-corrected chi connectivity index (χ0v) is 11.2. The molecule has 0 aliphatic carbocycles. The zero-order valence-electron chi connectivity index (χ0n) is 9.67. The fourth-order valence-electron chi connectivity index (χ4n) is 1.78. The number of hydrogen-bond acceptors (Lipinski definition) is 1. The molecular weight excluding hydrogens is 297 g/mol. The Bertz CT molecular complexity index is 637. The molecule has 1 heterocycles. The lowest BCUT2D eigenvalue weighted by Gasteiger charge is -2.08. The fraction of sp³-hybridized carbons (Fsp3) is 0.250. The minimum Gasteiger partial charge on any atom is -0.312 e. The van der Waals surface area contributed by atoms with E-state index in [9.17, 15) is 13.6 Å². The van der Waals surface area contributed by atoms with E-state index < -0.39 is 18.7 Å². The third kappa shape index (κ3) is 3.36. The zero-order chi connectivity index (χ0) is 14.0. The van der Waals surface area contributed by atoms with Crippen molar-refractivity contribution in [3.8, 4) is 0 Å². The van der Waals surface area contributed by atoms with E-state index in [0.717, 1.165) is 4.57 Å². The van der Waals surface area contributed by atoms with Gasteiger partial charge in [0.25, 0.3) is 6.43 Å². The van der Waals surface area contributed by atoms with Crippen LogP contribution in [0.5, 0.6) is 0 Å². The number of alkyl halides is 2. The van der Waals surface area contributed by atoms with Gasteiger partial charge in [-0.3, -0.25) is 4.57 Å². The molecular formula is C12H10Cl2F2N2O. The van der Waals surface area contributed by atoms with E-state index in [4.69, 9.17) is 23.2 Å². The molecule has 0 aliphatic heterocycles. The van der Waals surface area contributed by atoms with Crippen LogP contribution in [-0.4, -0.2) is 16.0 Å². The highest BCUT2D eigenvalue weighted by molar-refractivity contribution is 6.35. The Morgan fingerprint density at radius 1 is 1.32 bits per heavy atom. The molecule has 102 valence electrons. The van der Waals surface area contributed by atoms with Crippen molar-refractivity contribution in [2.75, 3.05) is 0 Å². The lowest BCUT2D eigenvalue weighted by Crippen LogP contribution is -2.22. The van der Waals surface area contributed by atoms with Crippen LogP contribution in [0.15, 0.2) is 29.2 Å². The van der Waals surface area contributed by atoms with Crippen molar-refractivity contribution in [1.29, 1.82) is 0 Å². The summed E-state index contributed by atoms with van der Waals surface area (Å²) in [5.41, 5.74) is 0.614. The van der Waals surface area contributed by atoms with Gasteiger partial charge in [-0.1, -0.05) is 29.3 Å². The lowest BCUT2D eigenvalue weighted by atomic mass is 10.1. The van der Waals surface area contributed by atoms with Crippen molar-refractivity contribution in [2.45, 2.75) is 19.4 Å². The average Bonchev–Trinajstić information content (AvgIpc) is 2.64. The van der Waals surface area contributed by atoms with Crippen LogP contribution in [0.4, 0.5) is 8.78 Å². The van der Waals surface area contributed by atoms with Crippen molar-refractivity contribution < 1.29 is 8.78 Å². The number of nitrogens with one attached hydrogen (secondary N) is 1. The second kappa shape index (κ2) is 5.75. The standard InChI is InChI=1S/C12H10Cl2F2N2O/c13-8-2-1-7(10(14)4-8)3-9-5-17-12(19)18(9)6-11(15)16/h1-2,4-5,11H,3,6H2,(H,17,19). The van der Waals surface area contributed by atoms with E-state index in [1.54, 1.807) is 18.2 Å². The normalized spacial score (nSPS) is 11.2. The van der Waals surface area contributed by atoms with Gasteiger partial charge in [-0.25, -0.2) is 13.6 Å². The Morgan fingerprint density at radius 2 is 2.05 bits per heavy atom. The van der Waals surface area contributed by atoms with Crippen molar-refractivity contribution in [3.05, 3.63) is 56.2 Å². The van der Waals surface area contributed by atoms with E-state index >= 15 is 0 Å². The first-order valence-electron chi connectivity index (χ1n) is 5.46. The average molecular weight is 307 g/mol. The molecule has 19 heavy (non-hydrogen) atoms. The minimum absolute atomic E-state index is 0.279. The summed E-state index contributed by atoms with van der Waals surface area (Å²) in [6, 6.07) is 4.93. The Balaban J connectivity index is 2.31. The summed E-state index contributed by atoms with van der Waals surface area (Å²) in [5, 5.41) is 0.928. The molecule has 0 unspecified atom stereocenters. The molecule has 0 saturated carbocycles. The maximum absolute atomic E-state index is 12.4. The molecule has 1 N–H and O–H groups in total. The van der Waals surface area contributed by atoms with Crippen molar-refractivity contribution >= 4 is 23.2 Å². The van der Waals surface area contributed by atoms with Gasteiger partial charge in [0.05, 0.1) is 6.54 Å². The Morgan fingerprint density at radius 3 is 2.68 bits per heavy atom. The van der Waals surface area contributed by atoms with Crippen LogP contribution in [0.3, 0.4) is 0 Å². The third-order valence-corrected chi connectivity index (χ3v) is 3.25. The summed E-state index contributed by atoms with van der Waals surface area (Å²) < 4.78 is 25.8. The van der Waals surface area contributed by atoms with Gasteiger partial charge < -0.3 is 4.98 Å². The van der Waals surface area contributed by atoms with Gasteiger partial charge in [0.15, 0.2) is 0 Å². The van der Waals surface area contributed by atoms with Crippen LogP contribution in [0.25, 0.3) is 0 Å². The number of H-pyrrole nitrogens is 1. The monoisotopic (exact) mass is 306 g/mol. The van der Waals surface area contributed by atoms with Gasteiger partial charge in [-0.2, -0.15) is 0 Å². The summed E-state index contributed by atoms with van der Waals surface area (Å²) >= 11 is 11.8. The summed E-state index contributed by atoms with van der Waals surface area (Å²) in [7, 11) is 0. The van der Waals surface area contributed by atoms with Crippen LogP contribution in [0.1, 0.15) is 11.3 Å². The molecule has 0 bridgehead atoms. The number of aromatic nitrogens is 2. The summed E-state index contributed by atoms with van der Waals surface area (Å²) in [6.45, 7) is -0.636. The minimum atomic E-state index is -2.59. The number of halogens is 4. The van der Waals surface area contributed by atoms with Crippen LogP contribution in [0.2, 0.25) is 10.0 Å². The molecule has 7 heteroatoms. The number of rotatable bonds is 4. The topological polar surface area (TPSA) is 37.8 Å². The van der Waals surface area contributed by atoms with E-state index in [2.05, 4.69) is 4.98 Å². The molecule has 0 aliphatic rings. The fourth-order valence-corrected chi connectivity index (χ4v) is 2.25. The molecule has 0 amide bonds. The van der Waals surface area contributed by atoms with Crippen molar-refractivity contribution in [2.24, 2.45) is 0 Å². The van der Waals surface area contributed by atoms with Crippen LogP contribution < -0.4 is 5.69 Å². The molecule has 2 aromatic rings. The summed E-state index contributed by atoms with van der Waals surface area (Å²) in [6.07, 6.45) is -0.898. The largest absolute Gasteiger partial charge is 0.325 e. The van der Waals surface area contributed by atoms with E-state index in [1.165, 1.54) is 6.20 Å². The van der Waals surface area contributed by atoms with Crippen molar-refractivity contribution in [3.63, 3.8) is 0 Å². The maximum Gasteiger partial charge on any atom is 0.325 e. The molecule has 0 atom stereocenters. The molecule has 0 radical (unpaired) electrons. The number of aromatic amines is 1. The Hall–Kier alpha value is -1.33. The second-order valence-electron chi connectivity index (χ2n) is 4.00. The first kappa shape index (κ1) is 14.1. The lowest BCUT2D eigenvalue weighted by molar-refractivity contribution is 0.124. The van der Waals surface area contributed by atoms with Crippen LogP contribution in [0, 0.1) is 0 Å². The van der Waals surface area contributed by atoms with E-state index in [-0.39, 0.29) is 6.42 Å². The summed E-state index contributed by atoms with van der Waals surface area (Å²) in [4.78, 5) is 13.8. The van der Waals surface area contributed by atoms with Gasteiger partial charge in [0.2, 0.25) is 0 Å². The van der Waals surface area contributed by atoms with Gasteiger partial charge in [-0.05, 0) is 17.7 Å². The second-order valence-corrected chi connectivity index (χ2v) is 4.84. The third-order valence-electron chi connectivity index (χ3n) is 2.66. The highest BCUT2D eigenvalue weighted by Gasteiger charge is 2.13. The van der Waals surface area contributed by atoms with Gasteiger partial charge in [0.1, 0.15) is 0 Å². The van der Waals surface area contributed by atoms with Crippen molar-refractivity contribution in [1.82, 2.24) is 9.55 Å². The molecule has 0 spiro atoms. The molecule has 0 saturated heterocycles. The quantitative estimate of drug-likeness (QED) is 0.924. The molecule has 2 rings (SSSR count). The molecule has 1 aromatic carbocycles. The highest BCUT2D eigenvalue weighted by atomic mass is 35.5. The Kier molecular flexibility index (Phi) is 4.27. The predicted octanol–water partition coefficient (Wildman–Crippen LogP) is 3.34. The molecule has 0 fully saturated rings. The first-order chi connectivity index (χ1) is 8.97.